The summed E-state index contributed by atoms with van der Waals surface area (Å²) < 4.78 is 7.64. The minimum atomic E-state index is -0.153. The van der Waals surface area contributed by atoms with Gasteiger partial charge in [-0.1, -0.05) is 29.8 Å². The smallest absolute Gasteiger partial charge is 0.251 e. The Balaban J connectivity index is 1.44. The average Bonchev–Trinajstić information content (AvgIpc) is 3.05. The van der Waals surface area contributed by atoms with Gasteiger partial charge in [0.05, 0.1) is 6.54 Å². The quantitative estimate of drug-likeness (QED) is 0.691. The molecule has 2 amide bonds. The summed E-state index contributed by atoms with van der Waals surface area (Å²) in [5.41, 5.74) is 3.61. The van der Waals surface area contributed by atoms with Gasteiger partial charge >= 0.3 is 0 Å². The molecule has 0 saturated heterocycles. The van der Waals surface area contributed by atoms with Gasteiger partial charge in [0, 0.05) is 36.6 Å². The molecule has 0 unspecified atom stereocenters. The van der Waals surface area contributed by atoms with Crippen LogP contribution in [0.25, 0.3) is 0 Å². The Morgan fingerprint density at radius 2 is 1.94 bits per heavy atom. The van der Waals surface area contributed by atoms with Gasteiger partial charge < -0.3 is 19.5 Å². The summed E-state index contributed by atoms with van der Waals surface area (Å²) in [6.07, 6.45) is 3.48. The zero-order valence-corrected chi connectivity index (χ0v) is 17.8. The topological polar surface area (TPSA) is 76.5 Å². The lowest BCUT2D eigenvalue weighted by atomic mass is 10.1. The Morgan fingerprint density at radius 1 is 1.13 bits per heavy atom. The largest absolute Gasteiger partial charge is 0.491 e. The number of rotatable bonds is 5. The molecule has 1 aliphatic heterocycles. The first-order chi connectivity index (χ1) is 15.0. The number of imidazole rings is 1. The number of hydrogen-bond acceptors (Lipinski definition) is 4. The molecule has 31 heavy (non-hydrogen) atoms. The summed E-state index contributed by atoms with van der Waals surface area (Å²) in [6, 6.07) is 13.4. The number of benzene rings is 2. The first-order valence-electron chi connectivity index (χ1n) is 10.3. The van der Waals surface area contributed by atoms with E-state index >= 15 is 0 Å². The number of carbonyl (C=O) groups excluding carboxylic acids is 2. The third-order valence-electron chi connectivity index (χ3n) is 5.46. The Morgan fingerprint density at radius 3 is 2.68 bits per heavy atom. The van der Waals surface area contributed by atoms with E-state index in [9.17, 15) is 9.59 Å². The molecule has 1 N–H and O–H groups in total. The molecule has 160 valence electrons. The maximum Gasteiger partial charge on any atom is 0.251 e. The van der Waals surface area contributed by atoms with Gasteiger partial charge in [0.25, 0.3) is 5.91 Å². The molecule has 0 atom stereocenters. The van der Waals surface area contributed by atoms with Crippen LogP contribution in [0, 0.1) is 13.8 Å². The number of nitrogens with zero attached hydrogens (tertiary/aromatic N) is 3. The highest BCUT2D eigenvalue weighted by atomic mass is 16.5. The van der Waals surface area contributed by atoms with Crippen molar-refractivity contribution < 1.29 is 14.3 Å². The molecular weight excluding hydrogens is 392 g/mol. The molecule has 3 aromatic rings. The van der Waals surface area contributed by atoms with Crippen molar-refractivity contribution >= 4 is 11.8 Å². The fraction of sp³-hybridized carbons (Fsp3) is 0.292. The van der Waals surface area contributed by atoms with Gasteiger partial charge in [0.1, 0.15) is 24.7 Å². The van der Waals surface area contributed by atoms with E-state index in [1.54, 1.807) is 23.4 Å². The maximum atomic E-state index is 12.8. The molecular formula is C24H26N4O3. The summed E-state index contributed by atoms with van der Waals surface area (Å²) in [5.74, 6) is 1.35. The van der Waals surface area contributed by atoms with Crippen molar-refractivity contribution in [2.24, 2.45) is 0 Å². The second-order valence-corrected chi connectivity index (χ2v) is 7.76. The molecule has 0 fully saturated rings. The van der Waals surface area contributed by atoms with Crippen molar-refractivity contribution in [3.05, 3.63) is 82.9 Å². The fourth-order valence-corrected chi connectivity index (χ4v) is 3.56. The average molecular weight is 418 g/mol. The number of aromatic nitrogens is 2. The van der Waals surface area contributed by atoms with E-state index in [1.165, 1.54) is 5.56 Å². The van der Waals surface area contributed by atoms with Gasteiger partial charge in [0.15, 0.2) is 0 Å². The van der Waals surface area contributed by atoms with Crippen molar-refractivity contribution in [1.29, 1.82) is 0 Å². The van der Waals surface area contributed by atoms with Crippen LogP contribution in [-0.4, -0.2) is 39.4 Å². The van der Waals surface area contributed by atoms with Gasteiger partial charge in [-0.15, -0.1) is 0 Å². The van der Waals surface area contributed by atoms with E-state index in [-0.39, 0.29) is 18.4 Å². The first-order valence-corrected chi connectivity index (χ1v) is 10.3. The number of carbonyl (C=O) groups is 2. The predicted molar refractivity (Wildman–Crippen MR) is 117 cm³/mol. The van der Waals surface area contributed by atoms with E-state index in [0.717, 1.165) is 17.0 Å². The second kappa shape index (κ2) is 9.04. The van der Waals surface area contributed by atoms with Crippen molar-refractivity contribution in [3.8, 4) is 5.75 Å². The Bertz CT molecular complexity index is 1090. The predicted octanol–water partition coefficient (Wildman–Crippen LogP) is 2.85. The summed E-state index contributed by atoms with van der Waals surface area (Å²) >= 11 is 0. The monoisotopic (exact) mass is 418 g/mol. The summed E-state index contributed by atoms with van der Waals surface area (Å²) in [4.78, 5) is 31.4. The lowest BCUT2D eigenvalue weighted by molar-refractivity contribution is -0.132. The molecule has 1 aromatic heterocycles. The van der Waals surface area contributed by atoms with E-state index in [2.05, 4.69) is 10.3 Å². The normalized spacial score (nSPS) is 13.2. The number of hydrogen-bond donors (Lipinski definition) is 1. The van der Waals surface area contributed by atoms with Crippen LogP contribution in [0.2, 0.25) is 0 Å². The molecule has 2 heterocycles. The standard InChI is InChI=1S/C24H26N4O3/c1-17-3-5-19(6-4-17)14-26-24(30)20-7-8-22-21(13-20)15-28(11-12-31-22)23(29)16-27-10-9-25-18(27)2/h3-10,13H,11-12,14-16H2,1-2H3,(H,26,30). The Labute approximate surface area is 181 Å². The van der Waals surface area contributed by atoms with E-state index in [0.29, 0.717) is 37.6 Å². The van der Waals surface area contributed by atoms with Gasteiger partial charge in [-0.05, 0) is 37.6 Å². The number of ether oxygens (including phenoxy) is 1. The summed E-state index contributed by atoms with van der Waals surface area (Å²) in [5, 5.41) is 2.96. The van der Waals surface area contributed by atoms with Gasteiger partial charge in [-0.3, -0.25) is 9.59 Å². The molecule has 0 aliphatic carbocycles. The minimum absolute atomic E-state index is 0.00762. The summed E-state index contributed by atoms with van der Waals surface area (Å²) in [7, 11) is 0. The van der Waals surface area contributed by atoms with Crippen molar-refractivity contribution in [2.45, 2.75) is 33.5 Å². The Kier molecular flexibility index (Phi) is 6.02. The molecule has 0 saturated carbocycles. The third kappa shape index (κ3) is 4.94. The number of nitrogens with one attached hydrogen (secondary N) is 1. The summed E-state index contributed by atoms with van der Waals surface area (Å²) in [6.45, 7) is 5.91. The van der Waals surface area contributed by atoms with E-state index in [4.69, 9.17) is 4.74 Å². The van der Waals surface area contributed by atoms with Crippen LogP contribution in [0.1, 0.15) is 32.9 Å². The number of aryl methyl sites for hydroxylation is 2. The van der Waals surface area contributed by atoms with Gasteiger partial charge in [-0.2, -0.15) is 0 Å². The van der Waals surface area contributed by atoms with Crippen LogP contribution in [0.5, 0.6) is 5.75 Å². The number of amides is 2. The molecule has 0 spiro atoms. The van der Waals surface area contributed by atoms with Crippen LogP contribution in [-0.2, 0) is 24.4 Å². The van der Waals surface area contributed by atoms with Crippen molar-refractivity contribution in [3.63, 3.8) is 0 Å². The minimum Gasteiger partial charge on any atom is -0.491 e. The highest BCUT2D eigenvalue weighted by molar-refractivity contribution is 5.94. The van der Waals surface area contributed by atoms with Crippen LogP contribution >= 0.6 is 0 Å². The van der Waals surface area contributed by atoms with E-state index in [1.807, 2.05) is 54.8 Å². The lowest BCUT2D eigenvalue weighted by Crippen LogP contribution is -2.35. The van der Waals surface area contributed by atoms with Crippen LogP contribution in [0.3, 0.4) is 0 Å². The second-order valence-electron chi connectivity index (χ2n) is 7.76. The molecule has 0 bridgehead atoms. The molecule has 0 radical (unpaired) electrons. The molecule has 7 heteroatoms. The van der Waals surface area contributed by atoms with Crippen molar-refractivity contribution in [2.75, 3.05) is 13.2 Å². The molecule has 2 aromatic carbocycles. The Hall–Kier alpha value is -3.61. The van der Waals surface area contributed by atoms with Gasteiger partial charge in [0.2, 0.25) is 5.91 Å². The van der Waals surface area contributed by atoms with Crippen LogP contribution in [0.15, 0.2) is 54.9 Å². The lowest BCUT2D eigenvalue weighted by Gasteiger charge is -2.20. The molecule has 4 rings (SSSR count). The third-order valence-corrected chi connectivity index (χ3v) is 5.46. The molecule has 1 aliphatic rings. The SMILES string of the molecule is Cc1ccc(CNC(=O)c2ccc3c(c2)CN(C(=O)Cn2ccnc2C)CCO3)cc1. The maximum absolute atomic E-state index is 12.8. The zero-order chi connectivity index (χ0) is 21.8. The fourth-order valence-electron chi connectivity index (χ4n) is 3.56. The molecule has 7 nitrogen and oxygen atoms in total. The first kappa shape index (κ1) is 20.7. The van der Waals surface area contributed by atoms with Crippen molar-refractivity contribution in [1.82, 2.24) is 19.8 Å². The van der Waals surface area contributed by atoms with Crippen LogP contribution in [0.4, 0.5) is 0 Å². The highest BCUT2D eigenvalue weighted by Gasteiger charge is 2.21. The van der Waals surface area contributed by atoms with Gasteiger partial charge in [-0.25, -0.2) is 4.98 Å². The van der Waals surface area contributed by atoms with E-state index < -0.39 is 0 Å². The zero-order valence-electron chi connectivity index (χ0n) is 17.8. The van der Waals surface area contributed by atoms with Crippen LogP contribution < -0.4 is 10.1 Å². The highest BCUT2D eigenvalue weighted by Crippen LogP contribution is 2.25. The number of fused-ring (bicyclic) bond motifs is 1.